The Balaban J connectivity index is 1.83. The summed E-state index contributed by atoms with van der Waals surface area (Å²) in [5.41, 5.74) is 1.06. The number of amides is 1. The van der Waals surface area contributed by atoms with Gasteiger partial charge in [-0.3, -0.25) is 14.5 Å². The Bertz CT molecular complexity index is 1170. The van der Waals surface area contributed by atoms with Crippen molar-refractivity contribution in [2.75, 3.05) is 18.1 Å². The van der Waals surface area contributed by atoms with E-state index in [-0.39, 0.29) is 11.3 Å². The largest absolute Gasteiger partial charge is 0.507 e. The number of hydrogen-bond donors (Lipinski definition) is 1. The molecule has 1 N–H and O–H groups in total. The number of ketones is 1. The number of rotatable bonds is 8. The van der Waals surface area contributed by atoms with E-state index in [0.29, 0.717) is 41.0 Å². The number of ether oxygens (including phenoxy) is 2. The van der Waals surface area contributed by atoms with Gasteiger partial charge in [-0.15, -0.1) is 11.3 Å². The van der Waals surface area contributed by atoms with Gasteiger partial charge in [0.2, 0.25) is 0 Å². The molecule has 3 aromatic rings. The van der Waals surface area contributed by atoms with Crippen LogP contribution in [-0.4, -0.2) is 35.0 Å². The van der Waals surface area contributed by atoms with Crippen molar-refractivity contribution >= 4 is 33.9 Å². The first kappa shape index (κ1) is 22.5. The highest BCUT2D eigenvalue weighted by Crippen LogP contribution is 2.43. The minimum atomic E-state index is -0.827. The van der Waals surface area contributed by atoms with E-state index in [2.05, 4.69) is 4.98 Å². The minimum Gasteiger partial charge on any atom is -0.507 e. The van der Waals surface area contributed by atoms with Crippen LogP contribution in [0.3, 0.4) is 0 Å². The summed E-state index contributed by atoms with van der Waals surface area (Å²) in [5, 5.41) is 13.3. The zero-order valence-electron chi connectivity index (χ0n) is 18.4. The highest BCUT2D eigenvalue weighted by Gasteiger charge is 2.48. The van der Waals surface area contributed by atoms with Crippen molar-refractivity contribution in [3.8, 4) is 11.5 Å². The van der Waals surface area contributed by atoms with E-state index in [4.69, 9.17) is 9.47 Å². The fourth-order valence-electron chi connectivity index (χ4n) is 3.70. The Kier molecular flexibility index (Phi) is 6.74. The molecule has 170 valence electrons. The number of benzene rings is 2. The molecule has 4 rings (SSSR count). The molecule has 1 amide bonds. The molecule has 0 radical (unpaired) electrons. The standard InChI is InChI=1S/C25H24N2O5S/c1-3-13-32-18-10-8-16(9-11-18)21-20(22(28)17-6-5-7-19(15-17)31-4-2)23(29)24(30)27(21)25-26-12-14-33-25/h5-12,14-15,21,28H,3-4,13H2,1-2H3. The van der Waals surface area contributed by atoms with Crippen molar-refractivity contribution in [1.29, 1.82) is 0 Å². The summed E-state index contributed by atoms with van der Waals surface area (Å²) >= 11 is 1.25. The van der Waals surface area contributed by atoms with Gasteiger partial charge in [0.25, 0.3) is 5.78 Å². The number of carbonyl (C=O) groups is 2. The maximum absolute atomic E-state index is 13.1. The highest BCUT2D eigenvalue weighted by molar-refractivity contribution is 7.14. The van der Waals surface area contributed by atoms with Gasteiger partial charge in [0.1, 0.15) is 17.3 Å². The number of aliphatic hydroxyl groups excluding tert-OH is 1. The van der Waals surface area contributed by atoms with Crippen LogP contribution in [0, 0.1) is 0 Å². The number of hydrogen-bond acceptors (Lipinski definition) is 7. The zero-order valence-corrected chi connectivity index (χ0v) is 19.2. The lowest BCUT2D eigenvalue weighted by Crippen LogP contribution is -2.29. The molecule has 0 aliphatic carbocycles. The average molecular weight is 465 g/mol. The molecule has 1 aromatic heterocycles. The lowest BCUT2D eigenvalue weighted by molar-refractivity contribution is -0.132. The predicted molar refractivity (Wildman–Crippen MR) is 127 cm³/mol. The van der Waals surface area contributed by atoms with Crippen LogP contribution in [0.15, 0.2) is 65.7 Å². The second-order valence-electron chi connectivity index (χ2n) is 7.36. The van der Waals surface area contributed by atoms with Crippen LogP contribution in [0.25, 0.3) is 5.76 Å². The third-order valence-corrected chi connectivity index (χ3v) is 5.93. The molecule has 8 heteroatoms. The Hall–Kier alpha value is -3.65. The zero-order chi connectivity index (χ0) is 23.4. The van der Waals surface area contributed by atoms with E-state index in [0.717, 1.165) is 6.42 Å². The maximum Gasteiger partial charge on any atom is 0.301 e. The highest BCUT2D eigenvalue weighted by atomic mass is 32.1. The lowest BCUT2D eigenvalue weighted by atomic mass is 9.95. The van der Waals surface area contributed by atoms with Gasteiger partial charge in [-0.1, -0.05) is 31.2 Å². The van der Waals surface area contributed by atoms with Crippen LogP contribution >= 0.6 is 11.3 Å². The Morgan fingerprint density at radius 2 is 1.88 bits per heavy atom. The van der Waals surface area contributed by atoms with E-state index >= 15 is 0 Å². The number of anilines is 1. The smallest absolute Gasteiger partial charge is 0.301 e. The Morgan fingerprint density at radius 3 is 2.55 bits per heavy atom. The van der Waals surface area contributed by atoms with Crippen LogP contribution in [0.2, 0.25) is 0 Å². The van der Waals surface area contributed by atoms with Crippen molar-refractivity contribution in [3.63, 3.8) is 0 Å². The summed E-state index contributed by atoms with van der Waals surface area (Å²) in [4.78, 5) is 31.8. The van der Waals surface area contributed by atoms with E-state index < -0.39 is 17.7 Å². The fraction of sp³-hybridized carbons (Fsp3) is 0.240. The van der Waals surface area contributed by atoms with Crippen LogP contribution in [-0.2, 0) is 9.59 Å². The lowest BCUT2D eigenvalue weighted by Gasteiger charge is -2.23. The van der Waals surface area contributed by atoms with Crippen LogP contribution < -0.4 is 14.4 Å². The molecule has 2 aromatic carbocycles. The summed E-state index contributed by atoms with van der Waals surface area (Å²) in [6.07, 6.45) is 2.45. The molecular weight excluding hydrogens is 440 g/mol. The van der Waals surface area contributed by atoms with Gasteiger partial charge in [-0.25, -0.2) is 4.98 Å². The number of thiazole rings is 1. The van der Waals surface area contributed by atoms with Crippen molar-refractivity contribution in [3.05, 3.63) is 76.8 Å². The molecule has 33 heavy (non-hydrogen) atoms. The van der Waals surface area contributed by atoms with Gasteiger partial charge in [0.05, 0.1) is 24.8 Å². The number of aromatic nitrogens is 1. The topological polar surface area (TPSA) is 89.0 Å². The van der Waals surface area contributed by atoms with E-state index in [1.54, 1.807) is 60.1 Å². The summed E-state index contributed by atoms with van der Waals surface area (Å²) in [5.74, 6) is -0.504. The van der Waals surface area contributed by atoms with Gasteiger partial charge in [-0.05, 0) is 43.2 Å². The molecular formula is C25H24N2O5S. The van der Waals surface area contributed by atoms with Crippen molar-refractivity contribution < 1.29 is 24.2 Å². The van der Waals surface area contributed by atoms with Crippen molar-refractivity contribution in [2.45, 2.75) is 26.3 Å². The van der Waals surface area contributed by atoms with Gasteiger partial charge in [0, 0.05) is 17.1 Å². The molecule has 1 fully saturated rings. The van der Waals surface area contributed by atoms with Gasteiger partial charge >= 0.3 is 5.91 Å². The summed E-state index contributed by atoms with van der Waals surface area (Å²) < 4.78 is 11.2. The SMILES string of the molecule is CCCOc1ccc(C2C(=C(O)c3cccc(OCC)c3)C(=O)C(=O)N2c2nccs2)cc1. The predicted octanol–water partition coefficient (Wildman–Crippen LogP) is 4.96. The molecule has 1 unspecified atom stereocenters. The summed E-state index contributed by atoms with van der Waals surface area (Å²) in [6, 6.07) is 13.2. The molecule has 2 heterocycles. The van der Waals surface area contributed by atoms with Crippen molar-refractivity contribution in [1.82, 2.24) is 4.98 Å². The molecule has 1 aliphatic heterocycles. The minimum absolute atomic E-state index is 0.00563. The van der Waals surface area contributed by atoms with E-state index in [1.807, 2.05) is 13.8 Å². The molecule has 1 aliphatic rings. The van der Waals surface area contributed by atoms with Crippen LogP contribution in [0.4, 0.5) is 5.13 Å². The third-order valence-electron chi connectivity index (χ3n) is 5.16. The van der Waals surface area contributed by atoms with Crippen LogP contribution in [0.1, 0.15) is 37.4 Å². The van der Waals surface area contributed by atoms with Gasteiger partial charge in [-0.2, -0.15) is 0 Å². The van der Waals surface area contributed by atoms with Crippen LogP contribution in [0.5, 0.6) is 11.5 Å². The summed E-state index contributed by atoms with van der Waals surface area (Å²) in [6.45, 7) is 4.94. The Morgan fingerprint density at radius 1 is 1.09 bits per heavy atom. The van der Waals surface area contributed by atoms with Gasteiger partial charge in [0.15, 0.2) is 5.13 Å². The number of nitrogens with zero attached hydrogens (tertiary/aromatic N) is 2. The normalized spacial score (nSPS) is 17.4. The van der Waals surface area contributed by atoms with Crippen molar-refractivity contribution in [2.24, 2.45) is 0 Å². The molecule has 0 bridgehead atoms. The first-order valence-electron chi connectivity index (χ1n) is 10.7. The van der Waals surface area contributed by atoms with E-state index in [1.165, 1.54) is 16.2 Å². The first-order chi connectivity index (χ1) is 16.0. The number of carbonyl (C=O) groups excluding carboxylic acids is 2. The molecule has 0 saturated carbocycles. The third kappa shape index (κ3) is 4.47. The average Bonchev–Trinajstić information content (AvgIpc) is 3.45. The van der Waals surface area contributed by atoms with Gasteiger partial charge < -0.3 is 14.6 Å². The molecule has 1 saturated heterocycles. The summed E-state index contributed by atoms with van der Waals surface area (Å²) in [7, 11) is 0. The van der Waals surface area contributed by atoms with E-state index in [9.17, 15) is 14.7 Å². The maximum atomic E-state index is 13.1. The fourth-order valence-corrected chi connectivity index (χ4v) is 4.37. The molecule has 7 nitrogen and oxygen atoms in total. The molecule has 0 spiro atoms. The second kappa shape index (κ2) is 9.87. The quantitative estimate of drug-likeness (QED) is 0.288. The first-order valence-corrected chi connectivity index (χ1v) is 11.6. The second-order valence-corrected chi connectivity index (χ2v) is 8.24. The number of aliphatic hydroxyl groups is 1. The monoisotopic (exact) mass is 464 g/mol. The number of Topliss-reactive ketones (excluding diaryl/α,β-unsaturated/α-hetero) is 1. The Labute approximate surface area is 195 Å². The molecule has 1 atom stereocenters.